The van der Waals surface area contributed by atoms with E-state index in [1.807, 2.05) is 0 Å². The molecule has 0 aliphatic rings. The number of hydrogen-bond donors (Lipinski definition) is 0. The summed E-state index contributed by atoms with van der Waals surface area (Å²) in [7, 11) is -8.19. The molecule has 8 nitrogen and oxygen atoms in total. The molecule has 0 N–H and O–H groups in total. The maximum absolute atomic E-state index is 12.2. The lowest BCUT2D eigenvalue weighted by molar-refractivity contribution is 0.333. The Morgan fingerprint density at radius 1 is 0.679 bits per heavy atom. The van der Waals surface area contributed by atoms with Crippen LogP contribution in [0.3, 0.4) is 0 Å². The first-order chi connectivity index (χ1) is 13.3. The smallest absolute Gasteiger partial charge is 0.264 e. The molecule has 0 unspecified atom stereocenters. The molecule has 10 heteroatoms. The predicted octanol–water partition coefficient (Wildman–Crippen LogP) is 3.33. The second-order valence-electron chi connectivity index (χ2n) is 5.47. The SMILES string of the molecule is CCC(=N\OS(=O)(=O)c1ccccc1)/C(CC)=N/OS(=O)(=O)c1ccccc1. The summed E-state index contributed by atoms with van der Waals surface area (Å²) in [5, 5.41) is 7.32. The third kappa shape index (κ3) is 5.64. The molecular formula is C18H20N2O6S2. The van der Waals surface area contributed by atoms with Gasteiger partial charge in [0.05, 0.1) is 0 Å². The molecule has 0 saturated carbocycles. The summed E-state index contributed by atoms with van der Waals surface area (Å²) in [6.45, 7) is 3.41. The first-order valence-electron chi connectivity index (χ1n) is 8.41. The molecule has 0 aliphatic heterocycles. The van der Waals surface area contributed by atoms with Crippen molar-refractivity contribution in [3.8, 4) is 0 Å². The van der Waals surface area contributed by atoms with Gasteiger partial charge in [-0.25, -0.2) is 0 Å². The van der Waals surface area contributed by atoms with E-state index in [9.17, 15) is 16.8 Å². The van der Waals surface area contributed by atoms with Crippen LogP contribution in [-0.2, 0) is 28.8 Å². The quantitative estimate of drug-likeness (QED) is 0.451. The second kappa shape index (κ2) is 9.47. The van der Waals surface area contributed by atoms with E-state index < -0.39 is 20.2 Å². The lowest BCUT2D eigenvalue weighted by atomic mass is 10.1. The summed E-state index contributed by atoms with van der Waals surface area (Å²) in [6.07, 6.45) is 0.511. The summed E-state index contributed by atoms with van der Waals surface area (Å²) < 4.78 is 58.2. The van der Waals surface area contributed by atoms with Crippen LogP contribution in [0.5, 0.6) is 0 Å². The van der Waals surface area contributed by atoms with Gasteiger partial charge in [0.2, 0.25) is 0 Å². The van der Waals surface area contributed by atoms with Crippen LogP contribution in [0.15, 0.2) is 80.8 Å². The molecule has 0 aromatic heterocycles. The fourth-order valence-electron chi connectivity index (χ4n) is 2.09. The van der Waals surface area contributed by atoms with E-state index in [0.29, 0.717) is 0 Å². The molecule has 150 valence electrons. The molecule has 0 aliphatic carbocycles. The van der Waals surface area contributed by atoms with Crippen LogP contribution in [0.2, 0.25) is 0 Å². The van der Waals surface area contributed by atoms with E-state index in [4.69, 9.17) is 8.57 Å². The highest BCUT2D eigenvalue weighted by molar-refractivity contribution is 7.87. The van der Waals surface area contributed by atoms with Crippen molar-refractivity contribution in [1.29, 1.82) is 0 Å². The number of benzene rings is 2. The fourth-order valence-corrected chi connectivity index (χ4v) is 3.62. The molecule has 0 radical (unpaired) electrons. The number of nitrogens with zero attached hydrogens (tertiary/aromatic N) is 2. The molecule has 2 aromatic carbocycles. The zero-order valence-electron chi connectivity index (χ0n) is 15.3. The van der Waals surface area contributed by atoms with Crippen LogP contribution >= 0.6 is 0 Å². The standard InChI is InChI=1S/C18H20N2O6S2/c1-3-17(19-25-27(21,22)15-11-7-5-8-12-15)18(4-2)20-26-28(23,24)16-13-9-6-10-14-16/h5-14H,3-4H2,1-2H3/b19-17+,20-18+. The third-order valence-electron chi connectivity index (χ3n) is 3.56. The molecule has 0 bridgehead atoms. The monoisotopic (exact) mass is 424 g/mol. The summed E-state index contributed by atoms with van der Waals surface area (Å²) in [4.78, 5) is -0.0980. The minimum atomic E-state index is -4.10. The molecule has 0 atom stereocenters. The molecule has 0 saturated heterocycles. The first-order valence-corrected chi connectivity index (χ1v) is 11.2. The molecule has 0 heterocycles. The van der Waals surface area contributed by atoms with Crippen molar-refractivity contribution in [2.24, 2.45) is 10.3 Å². The summed E-state index contributed by atoms with van der Waals surface area (Å²) in [5.41, 5.74) is 0.315. The molecule has 0 fully saturated rings. The average molecular weight is 425 g/mol. The van der Waals surface area contributed by atoms with Crippen molar-refractivity contribution in [2.45, 2.75) is 36.5 Å². The zero-order valence-corrected chi connectivity index (χ0v) is 17.0. The van der Waals surface area contributed by atoms with Gasteiger partial charge >= 0.3 is 20.2 Å². The Bertz CT molecular complexity index is 960. The van der Waals surface area contributed by atoms with Crippen molar-refractivity contribution >= 4 is 31.7 Å². The topological polar surface area (TPSA) is 111 Å². The van der Waals surface area contributed by atoms with Gasteiger partial charge in [-0.15, -0.1) is 0 Å². The molecule has 28 heavy (non-hydrogen) atoms. The summed E-state index contributed by atoms with van der Waals surface area (Å²) in [6, 6.07) is 15.1. The van der Waals surface area contributed by atoms with Gasteiger partial charge < -0.3 is 0 Å². The summed E-state index contributed by atoms with van der Waals surface area (Å²) in [5.74, 6) is 0. The van der Waals surface area contributed by atoms with Crippen molar-refractivity contribution in [3.63, 3.8) is 0 Å². The Labute approximate surface area is 164 Å². The van der Waals surface area contributed by atoms with Gasteiger partial charge in [0, 0.05) is 0 Å². The maximum atomic E-state index is 12.2. The van der Waals surface area contributed by atoms with Crippen molar-refractivity contribution in [1.82, 2.24) is 0 Å². The average Bonchev–Trinajstić information content (AvgIpc) is 2.71. The van der Waals surface area contributed by atoms with Crippen LogP contribution in [0, 0.1) is 0 Å². The first kappa shape index (κ1) is 21.6. The van der Waals surface area contributed by atoms with E-state index >= 15 is 0 Å². The van der Waals surface area contributed by atoms with Gasteiger partial charge in [0.15, 0.2) is 0 Å². The van der Waals surface area contributed by atoms with Crippen molar-refractivity contribution < 1.29 is 25.4 Å². The van der Waals surface area contributed by atoms with Gasteiger partial charge in [-0.3, -0.25) is 8.57 Å². The van der Waals surface area contributed by atoms with E-state index in [1.165, 1.54) is 24.3 Å². The fraction of sp³-hybridized carbons (Fsp3) is 0.222. The number of rotatable bonds is 9. The lowest BCUT2D eigenvalue weighted by Gasteiger charge is -2.07. The van der Waals surface area contributed by atoms with Crippen LogP contribution in [0.4, 0.5) is 0 Å². The van der Waals surface area contributed by atoms with Gasteiger partial charge in [0.25, 0.3) is 0 Å². The highest BCUT2D eigenvalue weighted by Crippen LogP contribution is 2.14. The third-order valence-corrected chi connectivity index (χ3v) is 5.80. The van der Waals surface area contributed by atoms with Crippen LogP contribution < -0.4 is 0 Å². The highest BCUT2D eigenvalue weighted by Gasteiger charge is 2.19. The van der Waals surface area contributed by atoms with Gasteiger partial charge in [-0.2, -0.15) is 16.8 Å². The molecule has 2 aromatic rings. The van der Waals surface area contributed by atoms with Crippen LogP contribution in [0.1, 0.15) is 26.7 Å². The second-order valence-corrected chi connectivity index (χ2v) is 8.52. The Balaban J connectivity index is 2.23. The molecule has 0 spiro atoms. The predicted molar refractivity (Wildman–Crippen MR) is 105 cm³/mol. The van der Waals surface area contributed by atoms with Crippen molar-refractivity contribution in [3.05, 3.63) is 60.7 Å². The highest BCUT2D eigenvalue weighted by atomic mass is 32.2. The zero-order chi connectivity index (χ0) is 20.6. The molecule has 0 amide bonds. The maximum Gasteiger partial charge on any atom is 0.358 e. The minimum Gasteiger partial charge on any atom is -0.264 e. The largest absolute Gasteiger partial charge is 0.358 e. The van der Waals surface area contributed by atoms with Crippen molar-refractivity contribution in [2.75, 3.05) is 0 Å². The van der Waals surface area contributed by atoms with E-state index in [2.05, 4.69) is 10.3 Å². The lowest BCUT2D eigenvalue weighted by Crippen LogP contribution is -2.16. The van der Waals surface area contributed by atoms with E-state index in [0.717, 1.165) is 0 Å². The number of hydrogen-bond acceptors (Lipinski definition) is 8. The normalized spacial score (nSPS) is 13.2. The van der Waals surface area contributed by atoms with E-state index in [-0.39, 0.29) is 34.1 Å². The molecular weight excluding hydrogens is 404 g/mol. The molecule has 2 rings (SSSR count). The van der Waals surface area contributed by atoms with Gasteiger partial charge in [-0.05, 0) is 37.1 Å². The Morgan fingerprint density at radius 2 is 1.00 bits per heavy atom. The Kier molecular flexibility index (Phi) is 7.30. The summed E-state index contributed by atoms with van der Waals surface area (Å²) >= 11 is 0. The Hall–Kier alpha value is -2.72. The van der Waals surface area contributed by atoms with Crippen LogP contribution in [0.25, 0.3) is 0 Å². The van der Waals surface area contributed by atoms with Gasteiger partial charge in [-0.1, -0.05) is 60.6 Å². The van der Waals surface area contributed by atoms with Gasteiger partial charge in [0.1, 0.15) is 21.2 Å². The van der Waals surface area contributed by atoms with E-state index in [1.54, 1.807) is 50.2 Å². The van der Waals surface area contributed by atoms with Crippen LogP contribution in [-0.4, -0.2) is 28.3 Å². The Morgan fingerprint density at radius 3 is 1.29 bits per heavy atom. The number of oxime groups is 2. The minimum absolute atomic E-state index is 0.0490.